The normalized spacial score (nSPS) is 17.6. The van der Waals surface area contributed by atoms with Gasteiger partial charge in [0.1, 0.15) is 11.7 Å². The number of halogens is 1. The van der Waals surface area contributed by atoms with Crippen molar-refractivity contribution in [2.24, 2.45) is 0 Å². The summed E-state index contributed by atoms with van der Waals surface area (Å²) >= 11 is 5.95. The number of carbonyl (C=O) groups excluding carboxylic acids is 2. The van der Waals surface area contributed by atoms with E-state index in [1.807, 2.05) is 6.07 Å². The number of rotatable bonds is 2. The van der Waals surface area contributed by atoms with Gasteiger partial charge in [0.2, 0.25) is 0 Å². The van der Waals surface area contributed by atoms with E-state index in [4.69, 9.17) is 26.3 Å². The third-order valence-corrected chi connectivity index (χ3v) is 3.68. The zero-order valence-electron chi connectivity index (χ0n) is 14.3. The number of benzene rings is 1. The van der Waals surface area contributed by atoms with Crippen molar-refractivity contribution in [3.8, 4) is 6.07 Å². The molecule has 8 heteroatoms. The zero-order chi connectivity index (χ0) is 18.6. The quantitative estimate of drug-likeness (QED) is 0.870. The van der Waals surface area contributed by atoms with Crippen molar-refractivity contribution in [1.82, 2.24) is 4.90 Å². The molecular weight excluding hydrogens is 346 g/mol. The fourth-order valence-electron chi connectivity index (χ4n) is 2.21. The number of amides is 2. The molecule has 2 rings (SSSR count). The topological polar surface area (TPSA) is 91.7 Å². The molecule has 25 heavy (non-hydrogen) atoms. The summed E-state index contributed by atoms with van der Waals surface area (Å²) in [7, 11) is 0. The van der Waals surface area contributed by atoms with Crippen LogP contribution in [-0.4, -0.2) is 48.3 Å². The Morgan fingerprint density at radius 3 is 2.76 bits per heavy atom. The van der Waals surface area contributed by atoms with E-state index in [1.165, 1.54) is 17.0 Å². The molecule has 0 unspecified atom stereocenters. The van der Waals surface area contributed by atoms with Crippen molar-refractivity contribution in [2.75, 3.05) is 25.0 Å². The number of nitrogens with one attached hydrogen (secondary N) is 1. The summed E-state index contributed by atoms with van der Waals surface area (Å²) in [6.07, 6.45) is -1.29. The van der Waals surface area contributed by atoms with Crippen LogP contribution < -0.4 is 5.32 Å². The molecule has 0 bridgehead atoms. The van der Waals surface area contributed by atoms with E-state index < -0.39 is 23.7 Å². The first kappa shape index (κ1) is 19.0. The molecule has 1 fully saturated rings. The van der Waals surface area contributed by atoms with E-state index in [0.717, 1.165) is 0 Å². The number of ether oxygens (including phenoxy) is 2. The van der Waals surface area contributed by atoms with Gasteiger partial charge < -0.3 is 19.7 Å². The van der Waals surface area contributed by atoms with E-state index in [0.29, 0.717) is 17.8 Å². The van der Waals surface area contributed by atoms with Gasteiger partial charge in [-0.2, -0.15) is 5.26 Å². The summed E-state index contributed by atoms with van der Waals surface area (Å²) in [6.45, 7) is 6.05. The lowest BCUT2D eigenvalue weighted by Crippen LogP contribution is -2.51. The van der Waals surface area contributed by atoms with Crippen molar-refractivity contribution in [1.29, 1.82) is 5.26 Å². The van der Waals surface area contributed by atoms with Gasteiger partial charge in [-0.05, 0) is 39.0 Å². The Kier molecular flexibility index (Phi) is 5.88. The lowest BCUT2D eigenvalue weighted by atomic mass is 10.2. The van der Waals surface area contributed by atoms with Crippen LogP contribution in [0.1, 0.15) is 26.3 Å². The fourth-order valence-corrected chi connectivity index (χ4v) is 2.43. The molecule has 0 aromatic heterocycles. The lowest BCUT2D eigenvalue weighted by Gasteiger charge is -2.33. The maximum Gasteiger partial charge on any atom is 0.410 e. The predicted octanol–water partition coefficient (Wildman–Crippen LogP) is 2.79. The molecule has 1 saturated heterocycles. The molecule has 1 aliphatic heterocycles. The van der Waals surface area contributed by atoms with Gasteiger partial charge in [-0.15, -0.1) is 0 Å². The van der Waals surface area contributed by atoms with Crippen LogP contribution in [0.4, 0.5) is 10.5 Å². The van der Waals surface area contributed by atoms with Crippen LogP contribution >= 0.6 is 11.6 Å². The lowest BCUT2D eigenvalue weighted by molar-refractivity contribution is -0.132. The summed E-state index contributed by atoms with van der Waals surface area (Å²) in [4.78, 5) is 25.9. The number of nitrogens with zero attached hydrogens (tertiary/aromatic N) is 2. The summed E-state index contributed by atoms with van der Waals surface area (Å²) in [5, 5.41) is 11.8. The molecule has 0 aliphatic carbocycles. The first-order chi connectivity index (χ1) is 11.7. The third kappa shape index (κ3) is 5.34. The highest BCUT2D eigenvalue weighted by molar-refractivity contribution is 6.32. The van der Waals surface area contributed by atoms with Crippen molar-refractivity contribution < 1.29 is 19.1 Å². The van der Waals surface area contributed by atoms with Crippen LogP contribution in [0, 0.1) is 11.3 Å². The molecule has 1 aromatic rings. The zero-order valence-corrected chi connectivity index (χ0v) is 15.1. The standard InChI is InChI=1S/C17H20ClN3O4/c1-17(2,3)25-16(23)21-6-7-24-14(10-21)15(22)20-12-5-4-11(9-19)13(18)8-12/h4-5,8,14H,6-7,10H2,1-3H3,(H,20,22)/t14-/m1/s1. The Hall–Kier alpha value is -2.30. The van der Waals surface area contributed by atoms with Crippen molar-refractivity contribution >= 4 is 29.3 Å². The highest BCUT2D eigenvalue weighted by Gasteiger charge is 2.31. The van der Waals surface area contributed by atoms with Crippen LogP contribution in [0.25, 0.3) is 0 Å². The minimum Gasteiger partial charge on any atom is -0.444 e. The minimum atomic E-state index is -0.810. The Bertz CT molecular complexity index is 709. The van der Waals surface area contributed by atoms with Gasteiger partial charge in [0.05, 0.1) is 23.7 Å². The Morgan fingerprint density at radius 2 is 2.16 bits per heavy atom. The summed E-state index contributed by atoms with van der Waals surface area (Å²) in [6, 6.07) is 6.54. The number of morpholine rings is 1. The van der Waals surface area contributed by atoms with E-state index in [-0.39, 0.29) is 18.2 Å². The Morgan fingerprint density at radius 1 is 1.44 bits per heavy atom. The van der Waals surface area contributed by atoms with E-state index >= 15 is 0 Å². The predicted molar refractivity (Wildman–Crippen MR) is 92.3 cm³/mol. The molecule has 1 N–H and O–H groups in total. The van der Waals surface area contributed by atoms with Crippen LogP contribution in [0.5, 0.6) is 0 Å². The molecule has 0 spiro atoms. The molecule has 1 atom stereocenters. The van der Waals surface area contributed by atoms with Gasteiger partial charge in [-0.1, -0.05) is 11.6 Å². The third-order valence-electron chi connectivity index (χ3n) is 3.37. The fraction of sp³-hybridized carbons (Fsp3) is 0.471. The second-order valence-corrected chi connectivity index (χ2v) is 6.99. The Labute approximate surface area is 151 Å². The average molecular weight is 366 g/mol. The van der Waals surface area contributed by atoms with Crippen molar-refractivity contribution in [3.63, 3.8) is 0 Å². The van der Waals surface area contributed by atoms with E-state index in [2.05, 4.69) is 5.32 Å². The monoisotopic (exact) mass is 365 g/mol. The molecule has 0 radical (unpaired) electrons. The highest BCUT2D eigenvalue weighted by Crippen LogP contribution is 2.21. The smallest absolute Gasteiger partial charge is 0.410 e. The number of nitriles is 1. The van der Waals surface area contributed by atoms with Gasteiger partial charge >= 0.3 is 6.09 Å². The molecule has 1 aliphatic rings. The van der Waals surface area contributed by atoms with Gasteiger partial charge in [-0.3, -0.25) is 4.79 Å². The molecule has 2 amide bonds. The second-order valence-electron chi connectivity index (χ2n) is 6.58. The molecule has 134 valence electrons. The van der Waals surface area contributed by atoms with Crippen LogP contribution in [0.2, 0.25) is 5.02 Å². The van der Waals surface area contributed by atoms with Crippen molar-refractivity contribution in [3.05, 3.63) is 28.8 Å². The largest absolute Gasteiger partial charge is 0.444 e. The van der Waals surface area contributed by atoms with Gasteiger partial charge in [0, 0.05) is 12.2 Å². The van der Waals surface area contributed by atoms with Crippen LogP contribution in [-0.2, 0) is 14.3 Å². The van der Waals surface area contributed by atoms with Gasteiger partial charge in [0.25, 0.3) is 5.91 Å². The molecule has 1 heterocycles. The van der Waals surface area contributed by atoms with Gasteiger partial charge in [-0.25, -0.2) is 4.79 Å². The first-order valence-electron chi connectivity index (χ1n) is 7.79. The van der Waals surface area contributed by atoms with E-state index in [9.17, 15) is 9.59 Å². The van der Waals surface area contributed by atoms with E-state index in [1.54, 1.807) is 26.8 Å². The summed E-state index contributed by atoms with van der Waals surface area (Å²) < 4.78 is 10.8. The molecular formula is C17H20ClN3O4. The number of hydrogen-bond acceptors (Lipinski definition) is 5. The Balaban J connectivity index is 1.99. The molecule has 1 aromatic carbocycles. The maximum absolute atomic E-state index is 12.4. The summed E-state index contributed by atoms with van der Waals surface area (Å²) in [5.41, 5.74) is 0.170. The number of carbonyl (C=O) groups is 2. The molecule has 7 nitrogen and oxygen atoms in total. The van der Waals surface area contributed by atoms with Gasteiger partial charge in [0.15, 0.2) is 6.10 Å². The number of anilines is 1. The van der Waals surface area contributed by atoms with Crippen LogP contribution in [0.15, 0.2) is 18.2 Å². The highest BCUT2D eigenvalue weighted by atomic mass is 35.5. The molecule has 0 saturated carbocycles. The maximum atomic E-state index is 12.4. The van der Waals surface area contributed by atoms with Crippen LogP contribution in [0.3, 0.4) is 0 Å². The minimum absolute atomic E-state index is 0.102. The second kappa shape index (κ2) is 7.72. The first-order valence-corrected chi connectivity index (χ1v) is 8.17. The average Bonchev–Trinajstić information content (AvgIpc) is 2.53. The summed E-state index contributed by atoms with van der Waals surface area (Å²) in [5.74, 6) is -0.394. The SMILES string of the molecule is CC(C)(C)OC(=O)N1CCO[C@@H](C(=O)Nc2ccc(C#N)c(Cl)c2)C1. The number of hydrogen-bond donors (Lipinski definition) is 1. The van der Waals surface area contributed by atoms with Crippen molar-refractivity contribution in [2.45, 2.75) is 32.5 Å².